The number of benzene rings is 2. The number of fused-ring (bicyclic) bond motifs is 4. The molecule has 2 heterocycles. The summed E-state index contributed by atoms with van der Waals surface area (Å²) < 4.78 is 10.7. The first-order chi connectivity index (χ1) is 16.3. The van der Waals surface area contributed by atoms with E-state index in [0.717, 1.165) is 22.3 Å². The molecule has 1 saturated carbocycles. The van der Waals surface area contributed by atoms with Gasteiger partial charge in [0.2, 0.25) is 5.91 Å². The van der Waals surface area contributed by atoms with Gasteiger partial charge in [-0.15, -0.1) is 0 Å². The van der Waals surface area contributed by atoms with E-state index in [9.17, 15) is 19.5 Å². The minimum atomic E-state index is -1.19. The molecule has 34 heavy (non-hydrogen) atoms. The summed E-state index contributed by atoms with van der Waals surface area (Å²) >= 11 is 0. The minimum absolute atomic E-state index is 0.0774. The highest BCUT2D eigenvalue weighted by atomic mass is 16.5. The first-order valence-corrected chi connectivity index (χ1v) is 11.4. The molecular weight excluding hydrogens is 436 g/mol. The number of carboxylic acids is 1. The summed E-state index contributed by atoms with van der Waals surface area (Å²) in [6.45, 7) is 2.37. The van der Waals surface area contributed by atoms with E-state index in [1.165, 1.54) is 12.0 Å². The number of ether oxygens (including phenoxy) is 2. The van der Waals surface area contributed by atoms with Crippen LogP contribution in [0.1, 0.15) is 36.8 Å². The van der Waals surface area contributed by atoms with Gasteiger partial charge in [-0.05, 0) is 40.5 Å². The number of carbonyl (C=O) groups is 3. The number of nitrogens with zero attached hydrogens (tertiary/aromatic N) is 1. The lowest BCUT2D eigenvalue weighted by molar-refractivity contribution is -0.160. The number of alkyl carbamates (subject to hydrolysis) is 1. The van der Waals surface area contributed by atoms with Gasteiger partial charge in [0.1, 0.15) is 18.2 Å². The molecule has 0 aromatic heterocycles. The van der Waals surface area contributed by atoms with E-state index in [0.29, 0.717) is 19.4 Å². The average molecular weight is 465 g/mol. The van der Waals surface area contributed by atoms with E-state index >= 15 is 0 Å². The first kappa shape index (κ1) is 22.4. The molecule has 0 spiro atoms. The van der Waals surface area contributed by atoms with Crippen LogP contribution < -0.4 is 5.32 Å². The maximum Gasteiger partial charge on any atom is 0.407 e. The second-order valence-corrected chi connectivity index (χ2v) is 9.90. The molecular formula is C26H28N2O6. The van der Waals surface area contributed by atoms with E-state index in [4.69, 9.17) is 9.47 Å². The molecule has 2 saturated heterocycles. The van der Waals surface area contributed by atoms with Crippen molar-refractivity contribution in [1.29, 1.82) is 0 Å². The number of aliphatic carboxylic acids is 1. The molecule has 8 heteroatoms. The van der Waals surface area contributed by atoms with Gasteiger partial charge in [0.05, 0.1) is 6.61 Å². The molecule has 4 aliphatic rings. The number of methoxy groups -OCH3 is 1. The van der Waals surface area contributed by atoms with Crippen LogP contribution in [0.25, 0.3) is 11.1 Å². The van der Waals surface area contributed by atoms with E-state index < -0.39 is 29.6 Å². The highest BCUT2D eigenvalue weighted by Gasteiger charge is 2.69. The van der Waals surface area contributed by atoms with Gasteiger partial charge in [-0.3, -0.25) is 4.79 Å². The Balaban J connectivity index is 1.27. The third-order valence-corrected chi connectivity index (χ3v) is 7.43. The fraction of sp³-hybridized carbons (Fsp3) is 0.423. The van der Waals surface area contributed by atoms with Crippen LogP contribution in [0.15, 0.2) is 48.5 Å². The molecule has 0 radical (unpaired) electrons. The van der Waals surface area contributed by atoms with Crippen LogP contribution in [0, 0.1) is 5.41 Å². The summed E-state index contributed by atoms with van der Waals surface area (Å²) in [4.78, 5) is 39.3. The third kappa shape index (κ3) is 3.44. The molecule has 2 amide bonds. The largest absolute Gasteiger partial charge is 0.479 e. The SMILES string of the molecule is COC[C@H](NC(=O)OCC1c2ccccc2-c2ccccc21)C(=O)N1CC2(C)CC1(C(=O)O)C2. The van der Waals surface area contributed by atoms with Gasteiger partial charge in [0.25, 0.3) is 0 Å². The summed E-state index contributed by atoms with van der Waals surface area (Å²) in [5, 5.41) is 12.4. The van der Waals surface area contributed by atoms with E-state index in [1.54, 1.807) is 0 Å². The van der Waals surface area contributed by atoms with Crippen LogP contribution in [-0.4, -0.2) is 66.4 Å². The summed E-state index contributed by atoms with van der Waals surface area (Å²) in [5.41, 5.74) is 3.04. The molecule has 1 atom stereocenters. The summed E-state index contributed by atoms with van der Waals surface area (Å²) in [6.07, 6.45) is 0.108. The van der Waals surface area contributed by atoms with Crippen LogP contribution in [0.3, 0.4) is 0 Å². The number of nitrogens with one attached hydrogen (secondary N) is 1. The van der Waals surface area contributed by atoms with Crippen molar-refractivity contribution in [1.82, 2.24) is 10.2 Å². The van der Waals surface area contributed by atoms with Crippen LogP contribution in [0.4, 0.5) is 4.79 Å². The number of hydrogen-bond donors (Lipinski definition) is 2. The lowest BCUT2D eigenvalue weighted by Gasteiger charge is -2.43. The van der Waals surface area contributed by atoms with Crippen LogP contribution >= 0.6 is 0 Å². The molecule has 2 aromatic carbocycles. The Morgan fingerprint density at radius 1 is 1.09 bits per heavy atom. The summed E-state index contributed by atoms with van der Waals surface area (Å²) in [6, 6.07) is 15.0. The fourth-order valence-corrected chi connectivity index (χ4v) is 6.06. The number of hydrogen-bond acceptors (Lipinski definition) is 5. The Morgan fingerprint density at radius 3 is 2.24 bits per heavy atom. The molecule has 2 aliphatic carbocycles. The van der Waals surface area contributed by atoms with Gasteiger partial charge in [-0.25, -0.2) is 9.59 Å². The van der Waals surface area contributed by atoms with Gasteiger partial charge in [0.15, 0.2) is 0 Å². The standard InChI is InChI=1S/C26H28N2O6/c1-25-13-26(14-25,23(30)31)28(15-25)22(29)21(12-33-2)27-24(32)34-11-20-18-9-5-3-7-16(18)17-8-4-6-10-19(17)20/h3-10,20-21H,11-15H2,1-2H3,(H,27,32)(H,30,31)/t21-,25?,26?/m0/s1. The fourth-order valence-electron chi connectivity index (χ4n) is 6.06. The molecule has 2 N–H and O–H groups in total. The summed E-state index contributed by atoms with van der Waals surface area (Å²) in [7, 11) is 1.43. The van der Waals surface area contributed by atoms with Gasteiger partial charge < -0.3 is 24.8 Å². The number of carboxylic acid groups (broad SMARTS) is 1. The predicted octanol–water partition coefficient (Wildman–Crippen LogP) is 3.01. The Hall–Kier alpha value is -3.39. The maximum absolute atomic E-state index is 13.3. The lowest BCUT2D eigenvalue weighted by atomic mass is 9.63. The van der Waals surface area contributed by atoms with Crippen molar-refractivity contribution < 1.29 is 29.0 Å². The molecule has 6 rings (SSSR count). The Morgan fingerprint density at radius 2 is 1.68 bits per heavy atom. The number of amides is 2. The van der Waals surface area contributed by atoms with Crippen LogP contribution in [0.5, 0.6) is 0 Å². The molecule has 2 aliphatic heterocycles. The second-order valence-electron chi connectivity index (χ2n) is 9.90. The smallest absolute Gasteiger partial charge is 0.407 e. The first-order valence-electron chi connectivity index (χ1n) is 11.4. The van der Waals surface area contributed by atoms with Crippen molar-refractivity contribution in [2.75, 3.05) is 26.9 Å². The quantitative estimate of drug-likeness (QED) is 0.653. The van der Waals surface area contributed by atoms with Crippen LogP contribution in [0.2, 0.25) is 0 Å². The van der Waals surface area contributed by atoms with Crippen molar-refractivity contribution in [2.45, 2.75) is 37.3 Å². The van der Waals surface area contributed by atoms with Crippen molar-refractivity contribution in [3.05, 3.63) is 59.7 Å². The van der Waals surface area contributed by atoms with Crippen molar-refractivity contribution in [3.8, 4) is 11.1 Å². The Labute approximate surface area is 197 Å². The average Bonchev–Trinajstić information content (AvgIpc) is 3.40. The zero-order chi connectivity index (χ0) is 24.1. The van der Waals surface area contributed by atoms with E-state index in [2.05, 4.69) is 17.4 Å². The highest BCUT2D eigenvalue weighted by molar-refractivity contribution is 5.93. The normalized spacial score (nSPS) is 25.2. The Kier molecular flexibility index (Phi) is 5.36. The Bertz CT molecular complexity index is 1110. The molecule has 2 aromatic rings. The van der Waals surface area contributed by atoms with Gasteiger partial charge in [0, 0.05) is 19.6 Å². The van der Waals surface area contributed by atoms with E-state index in [1.807, 2.05) is 43.3 Å². The molecule has 178 valence electrons. The second kappa shape index (κ2) is 8.13. The van der Waals surface area contributed by atoms with Gasteiger partial charge in [-0.1, -0.05) is 55.5 Å². The van der Waals surface area contributed by atoms with Gasteiger partial charge in [-0.2, -0.15) is 0 Å². The third-order valence-electron chi connectivity index (χ3n) is 7.43. The van der Waals surface area contributed by atoms with Gasteiger partial charge >= 0.3 is 12.1 Å². The van der Waals surface area contributed by atoms with Crippen molar-refractivity contribution >= 4 is 18.0 Å². The van der Waals surface area contributed by atoms with Crippen molar-refractivity contribution in [3.63, 3.8) is 0 Å². The molecule has 8 nitrogen and oxygen atoms in total. The number of carbonyl (C=O) groups excluding carboxylic acids is 2. The molecule has 0 unspecified atom stereocenters. The number of rotatable bonds is 7. The lowest BCUT2D eigenvalue weighted by Crippen LogP contribution is -2.60. The summed E-state index contributed by atoms with van der Waals surface area (Å²) in [5.74, 6) is -1.57. The zero-order valence-corrected chi connectivity index (χ0v) is 19.2. The minimum Gasteiger partial charge on any atom is -0.479 e. The topological polar surface area (TPSA) is 105 Å². The highest BCUT2D eigenvalue weighted by Crippen LogP contribution is 2.59. The maximum atomic E-state index is 13.3. The predicted molar refractivity (Wildman–Crippen MR) is 123 cm³/mol. The van der Waals surface area contributed by atoms with Crippen LogP contribution in [-0.2, 0) is 19.1 Å². The zero-order valence-electron chi connectivity index (χ0n) is 19.2. The van der Waals surface area contributed by atoms with E-state index in [-0.39, 0.29) is 24.5 Å². The molecule has 2 bridgehead atoms. The monoisotopic (exact) mass is 464 g/mol. The molecule has 3 fully saturated rings. The van der Waals surface area contributed by atoms with Crippen molar-refractivity contribution in [2.24, 2.45) is 5.41 Å².